The summed E-state index contributed by atoms with van der Waals surface area (Å²) in [6.07, 6.45) is -2.86. The molecule has 2 atom stereocenters. The van der Waals surface area contributed by atoms with Gasteiger partial charge in [0.2, 0.25) is 0 Å². The first-order valence-corrected chi connectivity index (χ1v) is 4.81. The van der Waals surface area contributed by atoms with E-state index in [2.05, 4.69) is 0 Å². The summed E-state index contributed by atoms with van der Waals surface area (Å²) in [7, 11) is 0. The average molecular weight is 215 g/mol. The maximum atomic E-state index is 11.9. The Hall–Kier alpha value is -1.00. The predicted molar refractivity (Wildman–Crippen MR) is 54.8 cm³/mol. The van der Waals surface area contributed by atoms with Crippen molar-refractivity contribution in [2.45, 2.75) is 25.5 Å². The van der Waals surface area contributed by atoms with Crippen molar-refractivity contribution in [3.05, 3.63) is 35.9 Å². The maximum absolute atomic E-state index is 11.9. The molecule has 0 bridgehead atoms. The van der Waals surface area contributed by atoms with Crippen LogP contribution in [0, 0.1) is 0 Å². The minimum absolute atomic E-state index is 0.370. The molecule has 0 aliphatic rings. The van der Waals surface area contributed by atoms with Crippen molar-refractivity contribution in [2.75, 3.05) is 6.61 Å². The van der Waals surface area contributed by atoms with Crippen LogP contribution < -0.4 is 5.73 Å². The van der Waals surface area contributed by atoms with Crippen molar-refractivity contribution in [1.82, 2.24) is 0 Å². The van der Waals surface area contributed by atoms with Crippen LogP contribution in [0.4, 0.5) is 8.78 Å². The molecule has 84 valence electrons. The Kier molecular flexibility index (Phi) is 4.65. The van der Waals surface area contributed by atoms with E-state index in [1.165, 1.54) is 0 Å². The van der Waals surface area contributed by atoms with Crippen LogP contribution in [0.3, 0.4) is 0 Å². The van der Waals surface area contributed by atoms with Crippen molar-refractivity contribution in [3.63, 3.8) is 0 Å². The monoisotopic (exact) mass is 215 g/mol. The molecular weight excluding hydrogens is 200 g/mol. The van der Waals surface area contributed by atoms with E-state index in [-0.39, 0.29) is 6.04 Å². The van der Waals surface area contributed by atoms with Gasteiger partial charge in [-0.05, 0) is 12.5 Å². The second kappa shape index (κ2) is 5.78. The predicted octanol–water partition coefficient (Wildman–Crippen LogP) is 2.36. The SMILES string of the molecule is CC(OCC(F)F)C(N)c1ccccc1. The summed E-state index contributed by atoms with van der Waals surface area (Å²) < 4.78 is 28.7. The summed E-state index contributed by atoms with van der Waals surface area (Å²) in [6, 6.07) is 8.93. The van der Waals surface area contributed by atoms with E-state index in [1.54, 1.807) is 6.92 Å². The lowest BCUT2D eigenvalue weighted by atomic mass is 10.0. The molecule has 0 saturated carbocycles. The van der Waals surface area contributed by atoms with E-state index < -0.39 is 19.1 Å². The largest absolute Gasteiger partial charge is 0.371 e. The Bertz CT molecular complexity index is 279. The third kappa shape index (κ3) is 3.93. The number of hydrogen-bond acceptors (Lipinski definition) is 2. The lowest BCUT2D eigenvalue weighted by Gasteiger charge is -2.20. The zero-order valence-corrected chi connectivity index (χ0v) is 8.57. The van der Waals surface area contributed by atoms with Crippen molar-refractivity contribution in [2.24, 2.45) is 5.73 Å². The molecular formula is C11H15F2NO. The van der Waals surface area contributed by atoms with E-state index >= 15 is 0 Å². The molecule has 0 aliphatic carbocycles. The first-order chi connectivity index (χ1) is 7.11. The summed E-state index contributed by atoms with van der Waals surface area (Å²) in [5, 5.41) is 0. The maximum Gasteiger partial charge on any atom is 0.261 e. The van der Waals surface area contributed by atoms with Gasteiger partial charge in [0, 0.05) is 0 Å². The molecule has 0 amide bonds. The highest BCUT2D eigenvalue weighted by molar-refractivity contribution is 5.19. The number of nitrogens with two attached hydrogens (primary N) is 1. The van der Waals surface area contributed by atoms with Gasteiger partial charge in [0.1, 0.15) is 6.61 Å². The van der Waals surface area contributed by atoms with Crippen molar-refractivity contribution >= 4 is 0 Å². The average Bonchev–Trinajstić information content (AvgIpc) is 2.26. The highest BCUT2D eigenvalue weighted by atomic mass is 19.3. The van der Waals surface area contributed by atoms with Gasteiger partial charge in [0.15, 0.2) is 0 Å². The fraction of sp³-hybridized carbons (Fsp3) is 0.455. The van der Waals surface area contributed by atoms with Gasteiger partial charge in [-0.15, -0.1) is 0 Å². The molecule has 0 aromatic heterocycles. The Labute approximate surface area is 88.0 Å². The van der Waals surface area contributed by atoms with Gasteiger partial charge in [-0.25, -0.2) is 8.78 Å². The lowest BCUT2D eigenvalue weighted by molar-refractivity contribution is -0.0261. The van der Waals surface area contributed by atoms with Gasteiger partial charge in [-0.1, -0.05) is 30.3 Å². The van der Waals surface area contributed by atoms with Gasteiger partial charge >= 0.3 is 0 Å². The lowest BCUT2D eigenvalue weighted by Crippen LogP contribution is -2.27. The summed E-state index contributed by atoms with van der Waals surface area (Å²) in [5.41, 5.74) is 6.74. The molecule has 2 N–H and O–H groups in total. The number of alkyl halides is 2. The Morgan fingerprint density at radius 1 is 1.27 bits per heavy atom. The molecule has 0 spiro atoms. The van der Waals surface area contributed by atoms with E-state index in [1.807, 2.05) is 30.3 Å². The highest BCUT2D eigenvalue weighted by Crippen LogP contribution is 2.16. The molecule has 4 heteroatoms. The standard InChI is InChI=1S/C11H15F2NO/c1-8(15-7-10(12)13)11(14)9-5-3-2-4-6-9/h2-6,8,10-11H,7,14H2,1H3. The molecule has 1 aromatic carbocycles. The van der Waals surface area contributed by atoms with E-state index in [4.69, 9.17) is 10.5 Å². The Balaban J connectivity index is 2.49. The van der Waals surface area contributed by atoms with Crippen molar-refractivity contribution in [3.8, 4) is 0 Å². The van der Waals surface area contributed by atoms with Gasteiger partial charge in [0.25, 0.3) is 6.43 Å². The molecule has 0 saturated heterocycles. The molecule has 1 rings (SSSR count). The number of benzene rings is 1. The van der Waals surface area contributed by atoms with E-state index in [9.17, 15) is 8.78 Å². The number of rotatable bonds is 5. The van der Waals surface area contributed by atoms with Crippen LogP contribution in [0.1, 0.15) is 18.5 Å². The minimum Gasteiger partial charge on any atom is -0.371 e. The van der Waals surface area contributed by atoms with Gasteiger partial charge in [0.05, 0.1) is 12.1 Å². The zero-order chi connectivity index (χ0) is 11.3. The molecule has 0 fully saturated rings. The first kappa shape index (κ1) is 12.1. The number of hydrogen-bond donors (Lipinski definition) is 1. The third-order valence-corrected chi connectivity index (χ3v) is 2.18. The quantitative estimate of drug-likeness (QED) is 0.818. The summed E-state index contributed by atoms with van der Waals surface area (Å²) in [6.45, 7) is 1.13. The molecule has 15 heavy (non-hydrogen) atoms. The van der Waals surface area contributed by atoms with Crippen LogP contribution in [0.25, 0.3) is 0 Å². The Morgan fingerprint density at radius 3 is 2.40 bits per heavy atom. The summed E-state index contributed by atoms with van der Waals surface area (Å²) in [5.74, 6) is 0. The van der Waals surface area contributed by atoms with Gasteiger partial charge in [-0.2, -0.15) is 0 Å². The van der Waals surface area contributed by atoms with Crippen molar-refractivity contribution in [1.29, 1.82) is 0 Å². The summed E-state index contributed by atoms with van der Waals surface area (Å²) >= 11 is 0. The van der Waals surface area contributed by atoms with Crippen LogP contribution in [-0.4, -0.2) is 19.1 Å². The van der Waals surface area contributed by atoms with Crippen molar-refractivity contribution < 1.29 is 13.5 Å². The van der Waals surface area contributed by atoms with E-state index in [0.717, 1.165) is 5.56 Å². The molecule has 1 aromatic rings. The molecule has 0 aliphatic heterocycles. The second-order valence-electron chi connectivity index (χ2n) is 3.37. The van der Waals surface area contributed by atoms with Crippen LogP contribution in [-0.2, 0) is 4.74 Å². The molecule has 0 radical (unpaired) electrons. The Morgan fingerprint density at radius 2 is 1.87 bits per heavy atom. The highest BCUT2D eigenvalue weighted by Gasteiger charge is 2.16. The summed E-state index contributed by atoms with van der Waals surface area (Å²) in [4.78, 5) is 0. The minimum atomic E-state index is -2.45. The molecule has 2 unspecified atom stereocenters. The zero-order valence-electron chi connectivity index (χ0n) is 8.57. The normalized spacial score (nSPS) is 15.3. The fourth-order valence-electron chi connectivity index (χ4n) is 1.27. The van der Waals surface area contributed by atoms with Crippen LogP contribution in [0.2, 0.25) is 0 Å². The number of ether oxygens (including phenoxy) is 1. The molecule has 0 heterocycles. The van der Waals surface area contributed by atoms with Crippen LogP contribution in [0.5, 0.6) is 0 Å². The number of halogens is 2. The molecule has 2 nitrogen and oxygen atoms in total. The topological polar surface area (TPSA) is 35.2 Å². The van der Waals surface area contributed by atoms with E-state index in [0.29, 0.717) is 0 Å². The second-order valence-corrected chi connectivity index (χ2v) is 3.37. The smallest absolute Gasteiger partial charge is 0.261 e. The van der Waals surface area contributed by atoms with Crippen LogP contribution in [0.15, 0.2) is 30.3 Å². The first-order valence-electron chi connectivity index (χ1n) is 4.81. The fourth-order valence-corrected chi connectivity index (χ4v) is 1.27. The van der Waals surface area contributed by atoms with Crippen LogP contribution >= 0.6 is 0 Å². The van der Waals surface area contributed by atoms with Gasteiger partial charge in [-0.3, -0.25) is 0 Å². The van der Waals surface area contributed by atoms with Gasteiger partial charge < -0.3 is 10.5 Å². The third-order valence-electron chi connectivity index (χ3n) is 2.18.